The number of rotatable bonds is 5. The summed E-state index contributed by atoms with van der Waals surface area (Å²) in [6.45, 7) is 9.40. The van der Waals surface area contributed by atoms with Gasteiger partial charge in [-0.25, -0.2) is 4.79 Å². The highest BCUT2D eigenvalue weighted by molar-refractivity contribution is 5.95. The molecule has 0 fully saturated rings. The SMILES string of the molecule is C=C1OC(=O)C(C(O)/C=C/C(C)=C/C(C)=C/C)=C1OC. The molecule has 1 rings (SSSR count). The van der Waals surface area contributed by atoms with Gasteiger partial charge in [0, 0.05) is 0 Å². The van der Waals surface area contributed by atoms with Gasteiger partial charge in [0.05, 0.1) is 7.11 Å². The molecule has 0 radical (unpaired) electrons. The first-order chi connectivity index (χ1) is 9.40. The first-order valence-electron chi connectivity index (χ1n) is 6.27. The summed E-state index contributed by atoms with van der Waals surface area (Å²) in [6, 6.07) is 0. The predicted molar refractivity (Wildman–Crippen MR) is 77.6 cm³/mol. The van der Waals surface area contributed by atoms with Crippen molar-refractivity contribution in [3.05, 3.63) is 59.1 Å². The topological polar surface area (TPSA) is 55.8 Å². The largest absolute Gasteiger partial charge is 0.492 e. The molecular formula is C16H20O4. The van der Waals surface area contributed by atoms with Crippen LogP contribution in [0.3, 0.4) is 0 Å². The summed E-state index contributed by atoms with van der Waals surface area (Å²) in [5, 5.41) is 10.1. The second-order valence-electron chi connectivity index (χ2n) is 4.48. The van der Waals surface area contributed by atoms with E-state index in [0.29, 0.717) is 0 Å². The molecule has 1 atom stereocenters. The molecule has 0 aromatic heterocycles. The quantitative estimate of drug-likeness (QED) is 0.619. The summed E-state index contributed by atoms with van der Waals surface area (Å²) in [5.74, 6) is -0.314. The number of hydrogen-bond donors (Lipinski definition) is 1. The molecule has 4 nitrogen and oxygen atoms in total. The third-order valence-corrected chi connectivity index (χ3v) is 2.89. The maximum atomic E-state index is 11.6. The Morgan fingerprint density at radius 2 is 2.05 bits per heavy atom. The van der Waals surface area contributed by atoms with E-state index in [1.807, 2.05) is 32.9 Å². The summed E-state index contributed by atoms with van der Waals surface area (Å²) in [6.07, 6.45) is 6.12. The first kappa shape index (κ1) is 16.0. The van der Waals surface area contributed by atoms with Crippen molar-refractivity contribution in [2.24, 2.45) is 0 Å². The highest BCUT2D eigenvalue weighted by Crippen LogP contribution is 2.28. The first-order valence-corrected chi connectivity index (χ1v) is 6.27. The lowest BCUT2D eigenvalue weighted by Crippen LogP contribution is -2.14. The van der Waals surface area contributed by atoms with Crippen molar-refractivity contribution in [2.75, 3.05) is 7.11 Å². The number of carbonyl (C=O) groups is 1. The van der Waals surface area contributed by atoms with Gasteiger partial charge in [-0.2, -0.15) is 0 Å². The lowest BCUT2D eigenvalue weighted by atomic mass is 10.1. The Morgan fingerprint density at radius 3 is 2.60 bits per heavy atom. The van der Waals surface area contributed by atoms with Crippen molar-refractivity contribution in [3.63, 3.8) is 0 Å². The highest BCUT2D eigenvalue weighted by atomic mass is 16.6. The Labute approximate surface area is 119 Å². The zero-order valence-corrected chi connectivity index (χ0v) is 12.3. The number of esters is 1. The summed E-state index contributed by atoms with van der Waals surface area (Å²) in [5.41, 5.74) is 2.15. The Kier molecular flexibility index (Phi) is 5.53. The van der Waals surface area contributed by atoms with Crippen LogP contribution in [0.4, 0.5) is 0 Å². The lowest BCUT2D eigenvalue weighted by molar-refractivity contribution is -0.133. The van der Waals surface area contributed by atoms with Gasteiger partial charge in [0.1, 0.15) is 11.7 Å². The van der Waals surface area contributed by atoms with Gasteiger partial charge in [-0.3, -0.25) is 0 Å². The van der Waals surface area contributed by atoms with Crippen LogP contribution in [0.15, 0.2) is 59.1 Å². The van der Waals surface area contributed by atoms with E-state index in [0.717, 1.165) is 11.1 Å². The molecule has 0 saturated heterocycles. The van der Waals surface area contributed by atoms with Crippen LogP contribution in [0.5, 0.6) is 0 Å². The second-order valence-corrected chi connectivity index (χ2v) is 4.48. The van der Waals surface area contributed by atoms with Gasteiger partial charge >= 0.3 is 5.97 Å². The van der Waals surface area contributed by atoms with E-state index < -0.39 is 12.1 Å². The van der Waals surface area contributed by atoms with Crippen molar-refractivity contribution in [3.8, 4) is 0 Å². The van der Waals surface area contributed by atoms with E-state index in [9.17, 15) is 9.90 Å². The average molecular weight is 276 g/mol. The molecule has 1 N–H and O–H groups in total. The normalized spacial score (nSPS) is 18.9. The van der Waals surface area contributed by atoms with Crippen LogP contribution in [0, 0.1) is 0 Å². The summed E-state index contributed by atoms with van der Waals surface area (Å²) < 4.78 is 9.87. The van der Waals surface area contributed by atoms with Crippen LogP contribution in [0.2, 0.25) is 0 Å². The summed E-state index contributed by atoms with van der Waals surface area (Å²) in [4.78, 5) is 11.6. The molecule has 0 bridgehead atoms. The average Bonchev–Trinajstić information content (AvgIpc) is 2.69. The van der Waals surface area contributed by atoms with Crippen molar-refractivity contribution in [2.45, 2.75) is 26.9 Å². The van der Waals surface area contributed by atoms with Gasteiger partial charge in [0.15, 0.2) is 11.5 Å². The third-order valence-electron chi connectivity index (χ3n) is 2.89. The van der Waals surface area contributed by atoms with Gasteiger partial charge in [-0.1, -0.05) is 42.0 Å². The number of carbonyl (C=O) groups excluding carboxylic acids is 1. The van der Waals surface area contributed by atoms with Crippen LogP contribution in [0.25, 0.3) is 0 Å². The number of ether oxygens (including phenoxy) is 2. The fourth-order valence-corrected chi connectivity index (χ4v) is 1.76. The number of cyclic esters (lactones) is 1. The zero-order chi connectivity index (χ0) is 15.3. The highest BCUT2D eigenvalue weighted by Gasteiger charge is 2.33. The number of hydrogen-bond acceptors (Lipinski definition) is 4. The van der Waals surface area contributed by atoms with Crippen molar-refractivity contribution >= 4 is 5.97 Å². The lowest BCUT2D eigenvalue weighted by Gasteiger charge is -2.06. The maximum absolute atomic E-state index is 11.6. The Hall–Kier alpha value is -2.07. The molecule has 1 aliphatic heterocycles. The molecule has 0 aromatic rings. The van der Waals surface area contributed by atoms with E-state index >= 15 is 0 Å². The fourth-order valence-electron chi connectivity index (χ4n) is 1.76. The number of aliphatic hydroxyl groups excluding tert-OH is 1. The molecule has 0 saturated carbocycles. The van der Waals surface area contributed by atoms with Gasteiger partial charge < -0.3 is 14.6 Å². The Morgan fingerprint density at radius 1 is 1.40 bits per heavy atom. The monoisotopic (exact) mass is 276 g/mol. The zero-order valence-electron chi connectivity index (χ0n) is 12.3. The van der Waals surface area contributed by atoms with E-state index in [4.69, 9.17) is 9.47 Å². The number of allylic oxidation sites excluding steroid dienone is 5. The molecule has 0 spiro atoms. The molecule has 0 amide bonds. The molecule has 0 aromatic carbocycles. The molecule has 1 unspecified atom stereocenters. The standard InChI is InChI=1S/C16H20O4/c1-6-10(2)9-11(3)7-8-13(17)14-15(19-5)12(4)20-16(14)18/h6-9,13,17H,4H2,1-3,5H3/b8-7+,10-6+,11-9+. The molecule has 20 heavy (non-hydrogen) atoms. The Bertz CT molecular complexity index is 533. The van der Waals surface area contributed by atoms with Gasteiger partial charge in [0.25, 0.3) is 0 Å². The van der Waals surface area contributed by atoms with Gasteiger partial charge in [-0.15, -0.1) is 0 Å². The molecule has 4 heteroatoms. The predicted octanol–water partition coefficient (Wildman–Crippen LogP) is 2.79. The minimum atomic E-state index is -1.09. The molecule has 0 aliphatic carbocycles. The summed E-state index contributed by atoms with van der Waals surface area (Å²) in [7, 11) is 1.40. The van der Waals surface area contributed by atoms with Crippen molar-refractivity contribution < 1.29 is 19.4 Å². The van der Waals surface area contributed by atoms with Crippen LogP contribution < -0.4 is 0 Å². The number of methoxy groups -OCH3 is 1. The third kappa shape index (κ3) is 3.71. The van der Waals surface area contributed by atoms with E-state index in [1.165, 1.54) is 13.2 Å². The second kappa shape index (κ2) is 6.91. The van der Waals surface area contributed by atoms with E-state index in [1.54, 1.807) is 6.08 Å². The van der Waals surface area contributed by atoms with Crippen LogP contribution in [0.1, 0.15) is 20.8 Å². The molecular weight excluding hydrogens is 256 g/mol. The minimum absolute atomic E-state index is 0.0734. The maximum Gasteiger partial charge on any atom is 0.346 e. The number of aliphatic hydroxyl groups is 1. The van der Waals surface area contributed by atoms with E-state index in [-0.39, 0.29) is 17.1 Å². The fraction of sp³-hybridized carbons (Fsp3) is 0.312. The van der Waals surface area contributed by atoms with Crippen molar-refractivity contribution in [1.82, 2.24) is 0 Å². The van der Waals surface area contributed by atoms with Crippen LogP contribution >= 0.6 is 0 Å². The van der Waals surface area contributed by atoms with Crippen LogP contribution in [-0.2, 0) is 14.3 Å². The minimum Gasteiger partial charge on any atom is -0.492 e. The van der Waals surface area contributed by atoms with Gasteiger partial charge in [-0.05, 0) is 20.8 Å². The smallest absolute Gasteiger partial charge is 0.346 e. The van der Waals surface area contributed by atoms with Crippen molar-refractivity contribution in [1.29, 1.82) is 0 Å². The summed E-state index contributed by atoms with van der Waals surface area (Å²) >= 11 is 0. The molecule has 1 aliphatic rings. The van der Waals surface area contributed by atoms with Crippen LogP contribution in [-0.4, -0.2) is 24.3 Å². The van der Waals surface area contributed by atoms with Gasteiger partial charge in [0.2, 0.25) is 0 Å². The molecule has 108 valence electrons. The van der Waals surface area contributed by atoms with E-state index in [2.05, 4.69) is 6.58 Å². The Balaban J connectivity index is 2.94. The molecule has 1 heterocycles.